The van der Waals surface area contributed by atoms with E-state index in [1.807, 2.05) is 43.3 Å². The van der Waals surface area contributed by atoms with E-state index in [0.717, 1.165) is 26.7 Å². The van der Waals surface area contributed by atoms with Gasteiger partial charge in [0.1, 0.15) is 5.52 Å². The molecule has 3 aromatic rings. The molecule has 0 N–H and O–H groups in total. The normalized spacial score (nSPS) is 11.1. The van der Waals surface area contributed by atoms with Gasteiger partial charge in [0.15, 0.2) is 5.58 Å². The largest absolute Gasteiger partial charge is 0.436 e. The predicted octanol–water partition coefficient (Wildman–Crippen LogP) is 5.22. The van der Waals surface area contributed by atoms with Gasteiger partial charge in [-0.05, 0) is 36.8 Å². The molecule has 0 amide bonds. The third kappa shape index (κ3) is 1.93. The summed E-state index contributed by atoms with van der Waals surface area (Å²) < 4.78 is 6.75. The van der Waals surface area contributed by atoms with Crippen molar-refractivity contribution in [3.63, 3.8) is 0 Å². The molecule has 0 aliphatic heterocycles. The first-order chi connectivity index (χ1) is 8.65. The van der Waals surface area contributed by atoms with Crippen LogP contribution in [0.5, 0.6) is 0 Å². The molecule has 1 aromatic heterocycles. The van der Waals surface area contributed by atoms with E-state index < -0.39 is 0 Å². The van der Waals surface area contributed by atoms with Gasteiger partial charge in [0, 0.05) is 4.47 Å². The second-order valence-electron chi connectivity index (χ2n) is 4.07. The van der Waals surface area contributed by atoms with Crippen molar-refractivity contribution in [3.05, 3.63) is 51.5 Å². The summed E-state index contributed by atoms with van der Waals surface area (Å²) in [5, 5.41) is 0.627. The Morgan fingerprint density at radius 1 is 1.22 bits per heavy atom. The average Bonchev–Trinajstić information content (AvgIpc) is 2.77. The van der Waals surface area contributed by atoms with E-state index in [0.29, 0.717) is 10.9 Å². The first kappa shape index (κ1) is 11.8. The van der Waals surface area contributed by atoms with Crippen molar-refractivity contribution in [2.45, 2.75) is 6.92 Å². The molecule has 0 fully saturated rings. The molecule has 0 unspecified atom stereocenters. The molecule has 3 rings (SSSR count). The molecule has 90 valence electrons. The monoisotopic (exact) mass is 321 g/mol. The Kier molecular flexibility index (Phi) is 2.88. The molecule has 4 heteroatoms. The lowest BCUT2D eigenvalue weighted by Gasteiger charge is -1.99. The number of oxazole rings is 1. The summed E-state index contributed by atoms with van der Waals surface area (Å²) in [6, 6.07) is 11.5. The molecule has 0 atom stereocenters. The van der Waals surface area contributed by atoms with Crippen molar-refractivity contribution in [1.82, 2.24) is 4.98 Å². The second-order valence-corrected chi connectivity index (χ2v) is 5.39. The van der Waals surface area contributed by atoms with Gasteiger partial charge in [-0.25, -0.2) is 4.98 Å². The van der Waals surface area contributed by atoms with Crippen LogP contribution in [-0.4, -0.2) is 4.98 Å². The van der Waals surface area contributed by atoms with Gasteiger partial charge < -0.3 is 4.42 Å². The topological polar surface area (TPSA) is 26.0 Å². The van der Waals surface area contributed by atoms with Crippen LogP contribution in [0.25, 0.3) is 22.6 Å². The highest BCUT2D eigenvalue weighted by molar-refractivity contribution is 9.10. The van der Waals surface area contributed by atoms with Gasteiger partial charge in [0.05, 0.1) is 10.6 Å². The highest BCUT2D eigenvalue weighted by atomic mass is 79.9. The number of para-hydroxylation sites is 1. The van der Waals surface area contributed by atoms with E-state index in [-0.39, 0.29) is 0 Å². The minimum Gasteiger partial charge on any atom is -0.436 e. The van der Waals surface area contributed by atoms with Gasteiger partial charge in [-0.1, -0.05) is 39.7 Å². The number of rotatable bonds is 1. The lowest BCUT2D eigenvalue weighted by molar-refractivity contribution is 0.617. The van der Waals surface area contributed by atoms with Crippen molar-refractivity contribution in [3.8, 4) is 11.5 Å². The van der Waals surface area contributed by atoms with Crippen LogP contribution in [-0.2, 0) is 0 Å². The summed E-state index contributed by atoms with van der Waals surface area (Å²) >= 11 is 9.60. The first-order valence-corrected chi connectivity index (χ1v) is 6.64. The van der Waals surface area contributed by atoms with Crippen LogP contribution < -0.4 is 0 Å². The highest BCUT2D eigenvalue weighted by Gasteiger charge is 2.12. The van der Waals surface area contributed by atoms with Crippen LogP contribution in [0.2, 0.25) is 5.02 Å². The predicted molar refractivity (Wildman–Crippen MR) is 76.9 cm³/mol. The van der Waals surface area contributed by atoms with Gasteiger partial charge >= 0.3 is 0 Å². The third-order valence-electron chi connectivity index (χ3n) is 2.77. The quantitative estimate of drug-likeness (QED) is 0.614. The van der Waals surface area contributed by atoms with Crippen molar-refractivity contribution < 1.29 is 4.42 Å². The van der Waals surface area contributed by atoms with Crippen molar-refractivity contribution in [2.75, 3.05) is 0 Å². The Morgan fingerprint density at radius 3 is 2.83 bits per heavy atom. The molecule has 2 nitrogen and oxygen atoms in total. The fraction of sp³-hybridized carbons (Fsp3) is 0.0714. The van der Waals surface area contributed by atoms with E-state index >= 15 is 0 Å². The zero-order valence-electron chi connectivity index (χ0n) is 9.58. The van der Waals surface area contributed by atoms with E-state index in [9.17, 15) is 0 Å². The summed E-state index contributed by atoms with van der Waals surface area (Å²) in [6.45, 7) is 2.00. The minimum atomic E-state index is 0.547. The Labute approximate surface area is 118 Å². The summed E-state index contributed by atoms with van der Waals surface area (Å²) in [6.07, 6.45) is 0. The Morgan fingerprint density at radius 2 is 2.06 bits per heavy atom. The lowest BCUT2D eigenvalue weighted by atomic mass is 10.2. The molecule has 0 aliphatic rings. The highest BCUT2D eigenvalue weighted by Crippen LogP contribution is 2.32. The van der Waals surface area contributed by atoms with Crippen LogP contribution in [0, 0.1) is 6.92 Å². The zero-order chi connectivity index (χ0) is 12.7. The first-order valence-electron chi connectivity index (χ1n) is 5.47. The lowest BCUT2D eigenvalue weighted by Crippen LogP contribution is -1.79. The number of nitrogens with zero attached hydrogens (tertiary/aromatic N) is 1. The Balaban J connectivity index is 2.26. The van der Waals surface area contributed by atoms with Gasteiger partial charge in [0.2, 0.25) is 5.89 Å². The maximum atomic E-state index is 6.18. The number of aryl methyl sites for hydroxylation is 1. The maximum absolute atomic E-state index is 6.18. The number of aromatic nitrogens is 1. The number of hydrogen-bond donors (Lipinski definition) is 0. The number of hydrogen-bond acceptors (Lipinski definition) is 2. The molecule has 18 heavy (non-hydrogen) atoms. The second kappa shape index (κ2) is 4.41. The summed E-state index contributed by atoms with van der Waals surface area (Å²) in [7, 11) is 0. The molecule has 0 saturated carbocycles. The van der Waals surface area contributed by atoms with E-state index in [1.54, 1.807) is 0 Å². The van der Waals surface area contributed by atoms with Crippen molar-refractivity contribution in [2.24, 2.45) is 0 Å². The van der Waals surface area contributed by atoms with Crippen LogP contribution in [0.1, 0.15) is 5.56 Å². The fourth-order valence-corrected chi connectivity index (χ4v) is 2.42. The van der Waals surface area contributed by atoms with Crippen molar-refractivity contribution >= 4 is 38.6 Å². The smallest absolute Gasteiger partial charge is 0.228 e. The molecule has 1 heterocycles. The van der Waals surface area contributed by atoms with E-state index in [1.165, 1.54) is 0 Å². The molecule has 0 radical (unpaired) electrons. The SMILES string of the molecule is Cc1cccc2nc(-c3cc(Br)ccc3Cl)oc12. The molecule has 0 saturated heterocycles. The van der Waals surface area contributed by atoms with Gasteiger partial charge in [-0.2, -0.15) is 0 Å². The van der Waals surface area contributed by atoms with Crippen LogP contribution in [0.4, 0.5) is 0 Å². The average molecular weight is 323 g/mol. The number of fused-ring (bicyclic) bond motifs is 1. The number of halogens is 2. The van der Waals surface area contributed by atoms with E-state index in [4.69, 9.17) is 16.0 Å². The summed E-state index contributed by atoms with van der Waals surface area (Å²) in [5.74, 6) is 0.547. The van der Waals surface area contributed by atoms with Gasteiger partial charge in [-0.15, -0.1) is 0 Å². The molecular weight excluding hydrogens is 314 g/mol. The standard InChI is InChI=1S/C14H9BrClNO/c1-8-3-2-4-12-13(8)18-14(17-12)10-7-9(15)5-6-11(10)16/h2-7H,1H3. The Hall–Kier alpha value is -1.32. The fourth-order valence-electron chi connectivity index (χ4n) is 1.86. The third-order valence-corrected chi connectivity index (χ3v) is 3.59. The summed E-state index contributed by atoms with van der Waals surface area (Å²) in [4.78, 5) is 4.47. The van der Waals surface area contributed by atoms with Gasteiger partial charge in [-0.3, -0.25) is 0 Å². The molecule has 2 aromatic carbocycles. The summed E-state index contributed by atoms with van der Waals surface area (Å²) in [5.41, 5.74) is 3.52. The molecular formula is C14H9BrClNO. The maximum Gasteiger partial charge on any atom is 0.228 e. The van der Waals surface area contributed by atoms with Crippen LogP contribution >= 0.6 is 27.5 Å². The van der Waals surface area contributed by atoms with E-state index in [2.05, 4.69) is 20.9 Å². The minimum absolute atomic E-state index is 0.547. The molecule has 0 aliphatic carbocycles. The van der Waals surface area contributed by atoms with Crippen LogP contribution in [0.3, 0.4) is 0 Å². The zero-order valence-corrected chi connectivity index (χ0v) is 11.9. The van der Waals surface area contributed by atoms with Crippen molar-refractivity contribution in [1.29, 1.82) is 0 Å². The van der Waals surface area contributed by atoms with Crippen LogP contribution in [0.15, 0.2) is 45.3 Å². The number of benzene rings is 2. The molecule has 0 spiro atoms. The van der Waals surface area contributed by atoms with Gasteiger partial charge in [0.25, 0.3) is 0 Å². The Bertz CT molecular complexity index is 736. The molecule has 0 bridgehead atoms.